The monoisotopic (exact) mass is 365 g/mol. The fourth-order valence-electron chi connectivity index (χ4n) is 2.50. The fourth-order valence-corrected chi connectivity index (χ4v) is 3.39. The molecule has 0 atom stereocenters. The predicted octanol–water partition coefficient (Wildman–Crippen LogP) is 3.58. The summed E-state index contributed by atoms with van der Waals surface area (Å²) in [5, 5.41) is 5.28. The molecule has 0 bridgehead atoms. The van der Waals surface area contributed by atoms with Crippen molar-refractivity contribution in [3.05, 3.63) is 41.9 Å². The minimum Gasteiger partial charge on any atom is -0.297 e. The summed E-state index contributed by atoms with van der Waals surface area (Å²) in [5.74, 6) is 0.798. The minimum atomic E-state index is -0.603. The van der Waals surface area contributed by atoms with Gasteiger partial charge in [-0.2, -0.15) is 8.97 Å². The fraction of sp³-hybridized carbons (Fsp3) is 0.294. The molecule has 0 aliphatic heterocycles. The molecule has 3 rings (SSSR count). The maximum atomic E-state index is 12.2. The van der Waals surface area contributed by atoms with Crippen LogP contribution in [0.2, 0.25) is 0 Å². The van der Waals surface area contributed by atoms with Crippen molar-refractivity contribution in [3.63, 3.8) is 0 Å². The van der Waals surface area contributed by atoms with Gasteiger partial charge in [0.25, 0.3) is 16.7 Å². The largest absolute Gasteiger partial charge is 0.299 e. The molecule has 24 heavy (non-hydrogen) atoms. The van der Waals surface area contributed by atoms with Crippen molar-refractivity contribution in [2.45, 2.75) is 26.4 Å². The molecule has 0 spiro atoms. The van der Waals surface area contributed by atoms with Crippen LogP contribution < -0.4 is 15.5 Å². The molecule has 0 radical (unpaired) electrons. The maximum Gasteiger partial charge on any atom is 0.299 e. The van der Waals surface area contributed by atoms with Crippen LogP contribution in [-0.4, -0.2) is 22.5 Å². The molecule has 0 unspecified atom stereocenters. The third kappa shape index (κ3) is 3.61. The van der Waals surface area contributed by atoms with Crippen LogP contribution in [0.25, 0.3) is 16.2 Å². The van der Waals surface area contributed by atoms with Crippen LogP contribution in [0.1, 0.15) is 25.6 Å². The van der Waals surface area contributed by atoms with Gasteiger partial charge in [-0.05, 0) is 13.8 Å². The van der Waals surface area contributed by atoms with Crippen molar-refractivity contribution in [1.82, 2.24) is 4.57 Å². The van der Waals surface area contributed by atoms with E-state index in [9.17, 15) is 4.79 Å². The lowest BCUT2D eigenvalue weighted by Gasteiger charge is -2.17. The minimum absolute atomic E-state index is 0.0262. The first-order valence-electron chi connectivity index (χ1n) is 7.43. The van der Waals surface area contributed by atoms with Crippen molar-refractivity contribution in [1.29, 1.82) is 0 Å². The van der Waals surface area contributed by atoms with Crippen LogP contribution in [-0.2, 0) is 0 Å². The third-order valence-corrected chi connectivity index (χ3v) is 4.12. The predicted molar refractivity (Wildman–Crippen MR) is 101 cm³/mol. The highest BCUT2D eigenvalue weighted by molar-refractivity contribution is 7.14. The number of imidazole rings is 1. The summed E-state index contributed by atoms with van der Waals surface area (Å²) < 4.78 is 3.71. The van der Waals surface area contributed by atoms with E-state index in [1.807, 2.05) is 60.2 Å². The zero-order chi connectivity index (χ0) is 17.9. The second-order valence-corrected chi connectivity index (χ2v) is 6.69. The smallest absolute Gasteiger partial charge is 0.297 e. The highest BCUT2D eigenvalue weighted by Gasteiger charge is 2.31. The van der Waals surface area contributed by atoms with Crippen molar-refractivity contribution >= 4 is 39.6 Å². The van der Waals surface area contributed by atoms with Gasteiger partial charge in [0.2, 0.25) is 0 Å². The van der Waals surface area contributed by atoms with E-state index in [2.05, 4.69) is 16.9 Å². The summed E-state index contributed by atoms with van der Waals surface area (Å²) in [6.45, 7) is 5.36. The molecule has 0 saturated heterocycles. The number of carbonyl (C=O) groups is 1. The van der Waals surface area contributed by atoms with Gasteiger partial charge in [-0.25, -0.2) is 0 Å². The molecule has 0 aliphatic carbocycles. The lowest BCUT2D eigenvalue weighted by atomic mass is 10.1. The molecule has 5 nitrogen and oxygen atoms in total. The zero-order valence-corrected chi connectivity index (χ0v) is 15.8. The topological polar surface area (TPSA) is 64.1 Å². The van der Waals surface area contributed by atoms with Gasteiger partial charge in [0.05, 0.1) is 6.20 Å². The number of alkyl halides is 1. The number of benzene rings is 1. The van der Waals surface area contributed by atoms with Gasteiger partial charge in [-0.1, -0.05) is 41.7 Å². The molecule has 3 aromatic rings. The first-order chi connectivity index (χ1) is 11.4. The van der Waals surface area contributed by atoms with Crippen LogP contribution in [0.3, 0.4) is 0 Å². The Bertz CT molecular complexity index is 834. The molecule has 0 saturated carbocycles. The van der Waals surface area contributed by atoms with E-state index in [1.54, 1.807) is 11.5 Å². The number of fused-ring (bicyclic) bond motifs is 1. The molecular weight excluding hydrogens is 344 g/mol. The van der Waals surface area contributed by atoms with E-state index in [-0.39, 0.29) is 5.91 Å². The van der Waals surface area contributed by atoms with Crippen molar-refractivity contribution in [2.75, 3.05) is 11.7 Å². The number of nitrogens with zero attached hydrogens (tertiary/aromatic N) is 2. The first-order valence-corrected chi connectivity index (χ1v) is 9.07. The number of hydrogen-bond acceptors (Lipinski definition) is 4. The number of rotatable bonds is 3. The molecule has 0 fully saturated rings. The maximum absolute atomic E-state index is 12.2. The van der Waals surface area contributed by atoms with Crippen molar-refractivity contribution in [2.24, 2.45) is 5.73 Å². The molecule has 0 aliphatic rings. The molecule has 1 aromatic carbocycles. The Kier molecular flexibility index (Phi) is 5.64. The number of thiazole rings is 1. The van der Waals surface area contributed by atoms with Crippen molar-refractivity contribution in [3.8, 4) is 11.3 Å². The number of carbonyl (C=O) groups excluding carboxylic acids is 1. The summed E-state index contributed by atoms with van der Waals surface area (Å²) in [4.78, 5) is 13.1. The van der Waals surface area contributed by atoms with Gasteiger partial charge in [-0.15, -0.1) is 11.6 Å². The number of nitrogens with one attached hydrogen (secondary N) is 1. The summed E-state index contributed by atoms with van der Waals surface area (Å²) in [6.07, 6.45) is 3.42. The second kappa shape index (κ2) is 7.34. The summed E-state index contributed by atoms with van der Waals surface area (Å²) in [6, 6.07) is 9.87. The van der Waals surface area contributed by atoms with E-state index in [0.717, 1.165) is 22.0 Å². The third-order valence-electron chi connectivity index (χ3n) is 3.27. The van der Waals surface area contributed by atoms with Gasteiger partial charge in [0, 0.05) is 24.3 Å². The molecule has 0 amide bonds. The first kappa shape index (κ1) is 18.4. The van der Waals surface area contributed by atoms with Gasteiger partial charge in [0.15, 0.2) is 5.69 Å². The van der Waals surface area contributed by atoms with Crippen LogP contribution in [0.4, 0.5) is 5.82 Å². The average molecular weight is 366 g/mol. The Balaban J connectivity index is 0.00000100. The Morgan fingerprint density at radius 1 is 1.29 bits per heavy atom. The molecule has 2 heterocycles. The van der Waals surface area contributed by atoms with E-state index in [4.69, 9.17) is 5.73 Å². The van der Waals surface area contributed by atoms with Gasteiger partial charge >= 0.3 is 0 Å². The van der Waals surface area contributed by atoms with Crippen LogP contribution >= 0.6 is 22.9 Å². The SMILES string of the molecule is CC(=O)n1c(-c2ccccc2)c(NC(C)(C)N)[n+]2ccsc12.CCl. The highest BCUT2D eigenvalue weighted by atomic mass is 35.5. The molecular formula is C17H22ClN4OS+. The van der Waals surface area contributed by atoms with Gasteiger partial charge in [0.1, 0.15) is 5.66 Å². The van der Waals surface area contributed by atoms with Crippen LogP contribution in [0.5, 0.6) is 0 Å². The van der Waals surface area contributed by atoms with Crippen LogP contribution in [0, 0.1) is 0 Å². The average Bonchev–Trinajstić information content (AvgIpc) is 3.10. The summed E-state index contributed by atoms with van der Waals surface area (Å²) in [5.41, 5.74) is 7.35. The quantitative estimate of drug-likeness (QED) is 0.423. The van der Waals surface area contributed by atoms with Gasteiger partial charge < -0.3 is 0 Å². The number of anilines is 1. The Hall–Kier alpha value is -1.89. The summed E-state index contributed by atoms with van der Waals surface area (Å²) >= 11 is 6.16. The molecule has 7 heteroatoms. The zero-order valence-electron chi connectivity index (χ0n) is 14.2. The molecule has 128 valence electrons. The standard InChI is InChI=1S/C16H19N4OS.CH3Cl/c1-11(21)20-13(12-7-5-4-6-8-12)14(18-16(2,3)17)19-9-10-22-15(19)20;1-2/h4-10,18H,17H2,1-3H3;1H3/q+1;. The van der Waals surface area contributed by atoms with E-state index in [1.165, 1.54) is 17.7 Å². The lowest BCUT2D eigenvalue weighted by molar-refractivity contribution is -0.490. The number of nitrogens with two attached hydrogens (primary N) is 1. The second-order valence-electron chi connectivity index (χ2n) is 5.82. The Morgan fingerprint density at radius 3 is 2.46 bits per heavy atom. The highest BCUT2D eigenvalue weighted by Crippen LogP contribution is 2.30. The van der Waals surface area contributed by atoms with Crippen LogP contribution in [0.15, 0.2) is 41.9 Å². The lowest BCUT2D eigenvalue weighted by Crippen LogP contribution is -2.43. The number of aromatic nitrogens is 2. The normalized spacial score (nSPS) is 11.1. The number of halogens is 1. The summed E-state index contributed by atoms with van der Waals surface area (Å²) in [7, 11) is 0. The van der Waals surface area contributed by atoms with E-state index < -0.39 is 5.66 Å². The van der Waals surface area contributed by atoms with Crippen molar-refractivity contribution < 1.29 is 9.20 Å². The number of hydrogen-bond donors (Lipinski definition) is 2. The Labute approximate surface area is 150 Å². The molecule has 3 N–H and O–H groups in total. The molecule has 2 aromatic heterocycles. The van der Waals surface area contributed by atoms with E-state index >= 15 is 0 Å². The van der Waals surface area contributed by atoms with Gasteiger partial charge in [-0.3, -0.25) is 15.8 Å². The Morgan fingerprint density at radius 2 is 1.92 bits per heavy atom. The van der Waals surface area contributed by atoms with E-state index in [0.29, 0.717) is 0 Å².